The van der Waals surface area contributed by atoms with Gasteiger partial charge in [0.1, 0.15) is 5.82 Å². The molecule has 1 aromatic rings. The molecule has 34 heavy (non-hydrogen) atoms. The number of benzene rings is 1. The van der Waals surface area contributed by atoms with Gasteiger partial charge in [0.2, 0.25) is 11.8 Å². The molecule has 0 spiro atoms. The van der Waals surface area contributed by atoms with Gasteiger partial charge in [-0.3, -0.25) is 9.59 Å². The molecule has 188 valence electrons. The van der Waals surface area contributed by atoms with Gasteiger partial charge in [-0.05, 0) is 80.8 Å². The highest BCUT2D eigenvalue weighted by molar-refractivity contribution is 6.42. The molecule has 2 amide bonds. The van der Waals surface area contributed by atoms with Crippen LogP contribution in [0.5, 0.6) is 0 Å². The van der Waals surface area contributed by atoms with E-state index in [9.17, 15) is 9.59 Å². The molecule has 2 bridgehead atoms. The van der Waals surface area contributed by atoms with Crippen LogP contribution in [0, 0.1) is 29.0 Å². The summed E-state index contributed by atoms with van der Waals surface area (Å²) >= 11 is 12.7. The Morgan fingerprint density at radius 3 is 2.50 bits per heavy atom. The lowest BCUT2D eigenvalue weighted by Gasteiger charge is -2.41. The van der Waals surface area contributed by atoms with E-state index >= 15 is 4.39 Å². The van der Waals surface area contributed by atoms with Crippen LogP contribution in [0.4, 0.5) is 4.39 Å². The number of nitrogens with one attached hydrogen (secondary N) is 2. The monoisotopic (exact) mass is 510 g/mol. The predicted octanol–water partition coefficient (Wildman–Crippen LogP) is 6.98. The summed E-state index contributed by atoms with van der Waals surface area (Å²) in [6, 6.07) is 2.37. The molecule has 0 aromatic heterocycles. The second kappa shape index (κ2) is 10.7. The van der Waals surface area contributed by atoms with Crippen molar-refractivity contribution in [1.82, 2.24) is 10.6 Å². The quantitative estimate of drug-likeness (QED) is 0.333. The SMILES string of the molecule is CCC[C@@H](C)CCC(=O)NC1CC(C(=O)N[C@H](c2c(F)ccc(Cl)c2Cl)C23CCC(CC2)C3)C1. The Kier molecular flexibility index (Phi) is 8.13. The first kappa shape index (κ1) is 25.8. The molecule has 4 nitrogen and oxygen atoms in total. The molecule has 3 saturated carbocycles. The second-order valence-corrected chi connectivity index (χ2v) is 11.9. The molecule has 0 unspecified atom stereocenters. The van der Waals surface area contributed by atoms with Crippen molar-refractivity contribution < 1.29 is 14.0 Å². The maximum atomic E-state index is 15.0. The maximum Gasteiger partial charge on any atom is 0.223 e. The summed E-state index contributed by atoms with van der Waals surface area (Å²) in [5, 5.41) is 6.78. The first-order valence-corrected chi connectivity index (χ1v) is 13.7. The van der Waals surface area contributed by atoms with Crippen molar-refractivity contribution in [2.75, 3.05) is 0 Å². The van der Waals surface area contributed by atoms with Crippen molar-refractivity contribution in [3.05, 3.63) is 33.6 Å². The molecule has 0 heterocycles. The van der Waals surface area contributed by atoms with E-state index in [1.54, 1.807) is 0 Å². The molecule has 4 rings (SSSR count). The average Bonchev–Trinajstić information content (AvgIpc) is 3.39. The molecule has 2 N–H and O–H groups in total. The Morgan fingerprint density at radius 2 is 1.88 bits per heavy atom. The van der Waals surface area contributed by atoms with Crippen LogP contribution in [0.25, 0.3) is 0 Å². The van der Waals surface area contributed by atoms with Crippen molar-refractivity contribution in [2.45, 2.75) is 96.6 Å². The van der Waals surface area contributed by atoms with Crippen LogP contribution >= 0.6 is 23.2 Å². The minimum atomic E-state index is -0.479. The minimum absolute atomic E-state index is 0.0372. The van der Waals surface area contributed by atoms with Crippen molar-refractivity contribution in [1.29, 1.82) is 0 Å². The number of halogens is 3. The Labute approximate surface area is 212 Å². The third-order valence-corrected chi connectivity index (χ3v) is 9.40. The zero-order chi connectivity index (χ0) is 24.5. The number of hydrogen-bond acceptors (Lipinski definition) is 2. The van der Waals surface area contributed by atoms with E-state index in [0.29, 0.717) is 41.7 Å². The highest BCUT2D eigenvalue weighted by Crippen LogP contribution is 2.61. The van der Waals surface area contributed by atoms with Gasteiger partial charge in [0.25, 0.3) is 0 Å². The zero-order valence-corrected chi connectivity index (χ0v) is 21.8. The van der Waals surface area contributed by atoms with E-state index in [2.05, 4.69) is 24.5 Å². The fourth-order valence-corrected chi connectivity index (χ4v) is 6.93. The van der Waals surface area contributed by atoms with Crippen molar-refractivity contribution >= 4 is 35.0 Å². The van der Waals surface area contributed by atoms with Gasteiger partial charge in [-0.25, -0.2) is 4.39 Å². The van der Waals surface area contributed by atoms with Gasteiger partial charge in [0.05, 0.1) is 16.1 Å². The number of carbonyl (C=O) groups excluding carboxylic acids is 2. The van der Waals surface area contributed by atoms with E-state index in [-0.39, 0.29) is 34.2 Å². The summed E-state index contributed by atoms with van der Waals surface area (Å²) < 4.78 is 15.0. The Balaban J connectivity index is 1.38. The van der Waals surface area contributed by atoms with Crippen LogP contribution in [0.2, 0.25) is 10.0 Å². The number of fused-ring (bicyclic) bond motifs is 2. The standard InChI is InChI=1S/C27H37Cl2FN2O2/c1-3-4-16(2)5-8-22(33)31-19-13-18(14-19)26(34)32-25(27-11-9-17(15-27)10-12-27)23-21(30)7-6-20(28)24(23)29/h6-7,16-19,25H,3-5,8-15H2,1-2H3,(H,31,33)(H,32,34)/t16-,17?,18?,19?,25-,27?/m1/s1. The molecule has 7 heteroatoms. The third-order valence-electron chi connectivity index (χ3n) is 8.58. The fourth-order valence-electron chi connectivity index (χ4n) is 6.51. The van der Waals surface area contributed by atoms with E-state index in [1.807, 2.05) is 0 Å². The molecule has 3 aliphatic carbocycles. The Hall–Kier alpha value is -1.33. The van der Waals surface area contributed by atoms with Gasteiger partial charge in [-0.15, -0.1) is 0 Å². The fraction of sp³-hybridized carbons (Fsp3) is 0.704. The minimum Gasteiger partial charge on any atom is -0.353 e. The number of carbonyl (C=O) groups is 2. The van der Waals surface area contributed by atoms with E-state index in [4.69, 9.17) is 23.2 Å². The first-order valence-electron chi connectivity index (χ1n) is 13.0. The lowest BCUT2D eigenvalue weighted by Crippen LogP contribution is -2.51. The summed E-state index contributed by atoms with van der Waals surface area (Å²) in [5.41, 5.74) is 0.164. The maximum absolute atomic E-state index is 15.0. The summed E-state index contributed by atoms with van der Waals surface area (Å²) in [6.07, 6.45) is 10.1. The van der Waals surface area contributed by atoms with Gasteiger partial charge in [-0.1, -0.05) is 49.9 Å². The van der Waals surface area contributed by atoms with Gasteiger partial charge >= 0.3 is 0 Å². The van der Waals surface area contributed by atoms with Gasteiger partial charge in [-0.2, -0.15) is 0 Å². The van der Waals surface area contributed by atoms with Crippen LogP contribution in [0.3, 0.4) is 0 Å². The molecule has 1 aromatic carbocycles. The van der Waals surface area contributed by atoms with Crippen LogP contribution in [-0.2, 0) is 9.59 Å². The normalized spacial score (nSPS) is 29.4. The summed E-state index contributed by atoms with van der Waals surface area (Å²) in [6.45, 7) is 4.34. The van der Waals surface area contributed by atoms with Crippen molar-refractivity contribution in [3.63, 3.8) is 0 Å². The van der Waals surface area contributed by atoms with Crippen LogP contribution in [0.15, 0.2) is 12.1 Å². The van der Waals surface area contributed by atoms with Crippen LogP contribution in [0.1, 0.15) is 96.1 Å². The average molecular weight is 512 g/mol. The number of hydrogen-bond donors (Lipinski definition) is 2. The lowest BCUT2D eigenvalue weighted by atomic mass is 9.73. The van der Waals surface area contributed by atoms with Crippen molar-refractivity contribution in [2.24, 2.45) is 23.2 Å². The number of rotatable bonds is 10. The molecule has 0 saturated heterocycles. The van der Waals surface area contributed by atoms with Crippen molar-refractivity contribution in [3.8, 4) is 0 Å². The zero-order valence-electron chi connectivity index (χ0n) is 20.3. The van der Waals surface area contributed by atoms with Crippen LogP contribution < -0.4 is 10.6 Å². The summed E-state index contributed by atoms with van der Waals surface area (Å²) in [7, 11) is 0. The van der Waals surface area contributed by atoms with Gasteiger partial charge < -0.3 is 10.6 Å². The molecule has 2 atom stereocenters. The molecule has 3 fully saturated rings. The molecular formula is C27H37Cl2FN2O2. The smallest absolute Gasteiger partial charge is 0.223 e. The summed E-state index contributed by atoms with van der Waals surface area (Å²) in [5.74, 6) is 0.593. The molecule has 0 radical (unpaired) electrons. The highest BCUT2D eigenvalue weighted by atomic mass is 35.5. The molecule has 3 aliphatic rings. The Bertz CT molecular complexity index is 910. The predicted molar refractivity (Wildman–Crippen MR) is 134 cm³/mol. The summed E-state index contributed by atoms with van der Waals surface area (Å²) in [4.78, 5) is 25.5. The highest BCUT2D eigenvalue weighted by Gasteiger charge is 2.52. The number of amides is 2. The third kappa shape index (κ3) is 5.41. The lowest BCUT2D eigenvalue weighted by molar-refractivity contribution is -0.132. The first-order chi connectivity index (χ1) is 16.2. The van der Waals surface area contributed by atoms with Gasteiger partial charge in [0, 0.05) is 23.9 Å². The topological polar surface area (TPSA) is 58.2 Å². The largest absolute Gasteiger partial charge is 0.353 e. The second-order valence-electron chi connectivity index (χ2n) is 11.1. The van der Waals surface area contributed by atoms with E-state index in [1.165, 1.54) is 12.1 Å². The van der Waals surface area contributed by atoms with Gasteiger partial charge in [0.15, 0.2) is 0 Å². The van der Waals surface area contributed by atoms with Crippen LogP contribution in [-0.4, -0.2) is 17.9 Å². The molecule has 0 aliphatic heterocycles. The van der Waals surface area contributed by atoms with E-state index < -0.39 is 11.9 Å². The Morgan fingerprint density at radius 1 is 1.18 bits per heavy atom. The van der Waals surface area contributed by atoms with E-state index in [0.717, 1.165) is 51.4 Å². The molecular weight excluding hydrogens is 474 g/mol.